The second-order valence-electron chi connectivity index (χ2n) is 8.73. The number of halogens is 2. The average Bonchev–Trinajstić information content (AvgIpc) is 2.92. The maximum Gasteiger partial charge on any atom is 0.272 e. The fourth-order valence-corrected chi connectivity index (χ4v) is 5.86. The number of benzene rings is 4. The molecule has 5 aromatic rings. The highest BCUT2D eigenvalue weighted by Crippen LogP contribution is 2.32. The predicted molar refractivity (Wildman–Crippen MR) is 165 cm³/mol. The number of fused-ring (bicyclic) bond motifs is 1. The van der Waals surface area contributed by atoms with Gasteiger partial charge >= 0.3 is 0 Å². The van der Waals surface area contributed by atoms with Gasteiger partial charge in [-0.25, -0.2) is 10.4 Å². The standard InChI is InChI=1S/C31H23BrIN3O2/c1-20-8-7-9-21(14-20)19-38-30-26(32)15-22(16-27(30)33)18-34-36-31(37)25-17-29(23-10-3-2-4-11-23)35-28-13-6-5-12-24(25)28/h2-18H,19H2,1H3,(H,36,37)/b34-18+. The Labute approximate surface area is 243 Å². The van der Waals surface area contributed by atoms with Crippen molar-refractivity contribution in [1.82, 2.24) is 10.4 Å². The molecule has 0 radical (unpaired) electrons. The van der Waals surface area contributed by atoms with Crippen molar-refractivity contribution in [3.8, 4) is 17.0 Å². The van der Waals surface area contributed by atoms with Crippen molar-refractivity contribution < 1.29 is 9.53 Å². The lowest BCUT2D eigenvalue weighted by molar-refractivity contribution is 0.0956. The number of amides is 1. The molecule has 188 valence electrons. The molecule has 5 rings (SSSR count). The molecular formula is C31H23BrIN3O2. The van der Waals surface area contributed by atoms with Gasteiger partial charge in [0.05, 0.1) is 31.0 Å². The van der Waals surface area contributed by atoms with Gasteiger partial charge in [0, 0.05) is 10.9 Å². The van der Waals surface area contributed by atoms with E-state index < -0.39 is 0 Å². The van der Waals surface area contributed by atoms with E-state index in [4.69, 9.17) is 9.72 Å². The molecule has 0 fully saturated rings. The fourth-order valence-electron chi connectivity index (χ4n) is 4.10. The van der Waals surface area contributed by atoms with Crippen molar-refractivity contribution in [3.05, 3.63) is 127 Å². The summed E-state index contributed by atoms with van der Waals surface area (Å²) in [5.74, 6) is 0.467. The molecule has 0 saturated heterocycles. The number of pyridine rings is 1. The first-order valence-corrected chi connectivity index (χ1v) is 13.8. The van der Waals surface area contributed by atoms with Crippen LogP contribution in [0.25, 0.3) is 22.2 Å². The van der Waals surface area contributed by atoms with Crippen LogP contribution in [0.1, 0.15) is 27.0 Å². The van der Waals surface area contributed by atoms with E-state index in [1.165, 1.54) is 5.56 Å². The predicted octanol–water partition coefficient (Wildman–Crippen LogP) is 7.92. The average molecular weight is 676 g/mol. The zero-order valence-corrected chi connectivity index (χ0v) is 24.2. The van der Waals surface area contributed by atoms with E-state index in [2.05, 4.69) is 68.1 Å². The fraction of sp³-hybridized carbons (Fsp3) is 0.0645. The number of carbonyl (C=O) groups is 1. The van der Waals surface area contributed by atoms with Gasteiger partial charge in [-0.05, 0) is 80.8 Å². The summed E-state index contributed by atoms with van der Waals surface area (Å²) in [6, 6.07) is 31.4. The summed E-state index contributed by atoms with van der Waals surface area (Å²) in [6.07, 6.45) is 1.62. The first-order chi connectivity index (χ1) is 18.5. The Bertz CT molecular complexity index is 1630. The molecule has 0 aliphatic rings. The van der Waals surface area contributed by atoms with Gasteiger partial charge in [-0.15, -0.1) is 0 Å². The van der Waals surface area contributed by atoms with E-state index >= 15 is 0 Å². The van der Waals surface area contributed by atoms with Gasteiger partial charge in [0.15, 0.2) is 0 Å². The Morgan fingerprint density at radius 3 is 2.58 bits per heavy atom. The monoisotopic (exact) mass is 675 g/mol. The number of rotatable bonds is 7. The molecule has 0 atom stereocenters. The molecule has 0 aliphatic heterocycles. The van der Waals surface area contributed by atoms with Crippen LogP contribution in [0, 0.1) is 10.5 Å². The maximum absolute atomic E-state index is 13.2. The summed E-state index contributed by atoms with van der Waals surface area (Å²) < 4.78 is 7.83. The third kappa shape index (κ3) is 6.11. The van der Waals surface area contributed by atoms with Crippen molar-refractivity contribution in [2.45, 2.75) is 13.5 Å². The molecule has 7 heteroatoms. The molecule has 1 N–H and O–H groups in total. The van der Waals surface area contributed by atoms with Crippen LogP contribution >= 0.6 is 38.5 Å². The Hall–Kier alpha value is -3.56. The van der Waals surface area contributed by atoms with E-state index in [1.807, 2.05) is 84.9 Å². The second-order valence-corrected chi connectivity index (χ2v) is 10.7. The topological polar surface area (TPSA) is 63.6 Å². The highest BCUT2D eigenvalue weighted by atomic mass is 127. The van der Waals surface area contributed by atoms with Gasteiger partial charge in [-0.2, -0.15) is 5.10 Å². The van der Waals surface area contributed by atoms with Crippen LogP contribution in [0.3, 0.4) is 0 Å². The van der Waals surface area contributed by atoms with E-state index in [-0.39, 0.29) is 5.91 Å². The van der Waals surface area contributed by atoms with E-state index in [9.17, 15) is 4.79 Å². The largest absolute Gasteiger partial charge is 0.487 e. The van der Waals surface area contributed by atoms with Gasteiger partial charge in [-0.1, -0.05) is 78.4 Å². The van der Waals surface area contributed by atoms with Crippen molar-refractivity contribution >= 4 is 61.5 Å². The van der Waals surface area contributed by atoms with Crippen LogP contribution in [-0.4, -0.2) is 17.1 Å². The highest BCUT2D eigenvalue weighted by Gasteiger charge is 2.14. The zero-order chi connectivity index (χ0) is 26.5. The lowest BCUT2D eigenvalue weighted by Crippen LogP contribution is -2.18. The number of hydrogen-bond donors (Lipinski definition) is 1. The highest BCUT2D eigenvalue weighted by molar-refractivity contribution is 14.1. The summed E-state index contributed by atoms with van der Waals surface area (Å²) >= 11 is 5.86. The Morgan fingerprint density at radius 2 is 1.79 bits per heavy atom. The number of aromatic nitrogens is 1. The van der Waals surface area contributed by atoms with E-state index in [0.717, 1.165) is 47.1 Å². The quantitative estimate of drug-likeness (QED) is 0.108. The lowest BCUT2D eigenvalue weighted by atomic mass is 10.0. The molecule has 0 unspecified atom stereocenters. The first-order valence-electron chi connectivity index (χ1n) is 11.9. The van der Waals surface area contributed by atoms with Crippen molar-refractivity contribution in [1.29, 1.82) is 0 Å². The van der Waals surface area contributed by atoms with Crippen molar-refractivity contribution in [2.24, 2.45) is 5.10 Å². The third-order valence-electron chi connectivity index (χ3n) is 5.90. The summed E-state index contributed by atoms with van der Waals surface area (Å²) in [5.41, 5.74) is 8.76. The van der Waals surface area contributed by atoms with Crippen LogP contribution in [0.5, 0.6) is 5.75 Å². The summed E-state index contributed by atoms with van der Waals surface area (Å²) in [6.45, 7) is 2.54. The molecule has 1 amide bonds. The maximum atomic E-state index is 13.2. The lowest BCUT2D eigenvalue weighted by Gasteiger charge is -2.12. The van der Waals surface area contributed by atoms with Gasteiger partial charge < -0.3 is 4.74 Å². The minimum Gasteiger partial charge on any atom is -0.487 e. The third-order valence-corrected chi connectivity index (χ3v) is 7.29. The van der Waals surface area contributed by atoms with Crippen LogP contribution in [0.4, 0.5) is 0 Å². The number of carbonyl (C=O) groups excluding carboxylic acids is 1. The van der Waals surface area contributed by atoms with Gasteiger partial charge in [0.1, 0.15) is 12.4 Å². The van der Waals surface area contributed by atoms with Gasteiger partial charge in [0.2, 0.25) is 0 Å². The number of para-hydroxylation sites is 1. The molecule has 38 heavy (non-hydrogen) atoms. The van der Waals surface area contributed by atoms with Crippen LogP contribution in [-0.2, 0) is 6.61 Å². The Balaban J connectivity index is 1.33. The van der Waals surface area contributed by atoms with E-state index in [0.29, 0.717) is 12.2 Å². The Morgan fingerprint density at radius 1 is 1.00 bits per heavy atom. The molecular weight excluding hydrogens is 653 g/mol. The number of aryl methyl sites for hydroxylation is 1. The summed E-state index contributed by atoms with van der Waals surface area (Å²) in [7, 11) is 0. The van der Waals surface area contributed by atoms with Crippen molar-refractivity contribution in [3.63, 3.8) is 0 Å². The minimum atomic E-state index is -0.302. The molecule has 4 aromatic carbocycles. The second kappa shape index (κ2) is 11.9. The molecule has 1 heterocycles. The minimum absolute atomic E-state index is 0.302. The van der Waals surface area contributed by atoms with Crippen LogP contribution in [0.2, 0.25) is 0 Å². The van der Waals surface area contributed by atoms with Gasteiger partial charge in [-0.3, -0.25) is 4.79 Å². The molecule has 0 aliphatic carbocycles. The SMILES string of the molecule is Cc1cccc(COc2c(Br)cc(/C=N/NC(=O)c3cc(-c4ccccc4)nc4ccccc34)cc2I)c1. The zero-order valence-electron chi connectivity index (χ0n) is 20.5. The van der Waals surface area contributed by atoms with Gasteiger partial charge in [0.25, 0.3) is 5.91 Å². The smallest absolute Gasteiger partial charge is 0.272 e. The summed E-state index contributed by atoms with van der Waals surface area (Å²) in [5, 5.41) is 5.00. The van der Waals surface area contributed by atoms with Crippen LogP contribution < -0.4 is 10.2 Å². The number of nitrogens with one attached hydrogen (secondary N) is 1. The first kappa shape index (κ1) is 26.1. The van der Waals surface area contributed by atoms with E-state index in [1.54, 1.807) is 6.21 Å². The number of nitrogens with zero attached hydrogens (tertiary/aromatic N) is 2. The molecule has 0 saturated carbocycles. The summed E-state index contributed by atoms with van der Waals surface area (Å²) in [4.78, 5) is 17.9. The Kier molecular flexibility index (Phi) is 8.14. The molecule has 1 aromatic heterocycles. The normalized spacial score (nSPS) is 11.1. The molecule has 0 bridgehead atoms. The molecule has 5 nitrogen and oxygen atoms in total. The number of hydrogen-bond acceptors (Lipinski definition) is 4. The number of ether oxygens (including phenoxy) is 1. The van der Waals surface area contributed by atoms with Crippen LogP contribution in [0.15, 0.2) is 107 Å². The number of hydrazone groups is 1. The molecule has 0 spiro atoms. The van der Waals surface area contributed by atoms with Crippen molar-refractivity contribution in [2.75, 3.05) is 0 Å².